The predicted molar refractivity (Wildman–Crippen MR) is 45.5 cm³/mol. The number of ether oxygens (including phenoxy) is 2. The van der Waals surface area contributed by atoms with E-state index in [1.807, 2.05) is 0 Å². The minimum atomic E-state index is -2.59. The van der Waals surface area contributed by atoms with Crippen LogP contribution in [0, 0.1) is 0 Å². The number of hydrogen-bond acceptors (Lipinski definition) is 6. The van der Waals surface area contributed by atoms with Gasteiger partial charge in [0, 0.05) is 0 Å². The van der Waals surface area contributed by atoms with Crippen LogP contribution in [-0.4, -0.2) is 52.5 Å². The van der Waals surface area contributed by atoms with E-state index in [1.165, 1.54) is 0 Å². The summed E-state index contributed by atoms with van der Waals surface area (Å²) in [4.78, 5) is 9.54. The van der Waals surface area contributed by atoms with E-state index < -0.39 is 23.0 Å². The molecular formula is C6H11NO6S. The first-order valence-corrected chi connectivity index (χ1v) is 4.80. The molecule has 14 heavy (non-hydrogen) atoms. The Morgan fingerprint density at radius 3 is 1.79 bits per heavy atom. The van der Waals surface area contributed by atoms with Gasteiger partial charge in [-0.25, -0.2) is 0 Å². The molecule has 7 nitrogen and oxygen atoms in total. The first kappa shape index (κ1) is 13.0. The van der Waals surface area contributed by atoms with Gasteiger partial charge in [0.05, 0.1) is 26.4 Å². The molecule has 1 N–H and O–H groups in total. The number of carboxylic acids is 1. The SMILES string of the molecule is C1COCCO1.O=C(O)CN=S(=O)=O. The summed E-state index contributed by atoms with van der Waals surface area (Å²) in [6, 6.07) is 0. The summed E-state index contributed by atoms with van der Waals surface area (Å²) < 4.78 is 31.5. The van der Waals surface area contributed by atoms with E-state index in [2.05, 4.69) is 4.36 Å². The monoisotopic (exact) mass is 225 g/mol. The van der Waals surface area contributed by atoms with Crippen molar-refractivity contribution in [2.24, 2.45) is 4.36 Å². The summed E-state index contributed by atoms with van der Waals surface area (Å²) in [6.07, 6.45) is 0. The second-order valence-corrected chi connectivity index (χ2v) is 2.82. The molecule has 1 heterocycles. The summed E-state index contributed by atoms with van der Waals surface area (Å²) in [7, 11) is -2.59. The van der Waals surface area contributed by atoms with Gasteiger partial charge in [0.2, 0.25) is 0 Å². The Bertz CT molecular complexity index is 261. The van der Waals surface area contributed by atoms with E-state index in [-0.39, 0.29) is 0 Å². The van der Waals surface area contributed by atoms with Gasteiger partial charge in [-0.2, -0.15) is 12.8 Å². The third kappa shape index (κ3) is 11.0. The van der Waals surface area contributed by atoms with Crippen LogP contribution in [0.4, 0.5) is 0 Å². The van der Waals surface area contributed by atoms with Crippen molar-refractivity contribution in [3.63, 3.8) is 0 Å². The fourth-order valence-corrected chi connectivity index (χ4v) is 0.764. The minimum absolute atomic E-state index is 0.684. The highest BCUT2D eigenvalue weighted by molar-refractivity contribution is 7.61. The molecule has 1 aliphatic heterocycles. The lowest BCUT2D eigenvalue weighted by molar-refractivity contribution is -0.135. The molecule has 0 spiro atoms. The van der Waals surface area contributed by atoms with E-state index in [1.54, 1.807) is 0 Å². The van der Waals surface area contributed by atoms with Gasteiger partial charge in [0.1, 0.15) is 0 Å². The lowest BCUT2D eigenvalue weighted by Crippen LogP contribution is -2.16. The molecule has 1 fully saturated rings. The minimum Gasteiger partial charge on any atom is -0.480 e. The maximum Gasteiger partial charge on any atom is 0.326 e. The molecular weight excluding hydrogens is 214 g/mol. The third-order valence-corrected chi connectivity index (χ3v) is 1.39. The van der Waals surface area contributed by atoms with Gasteiger partial charge >= 0.3 is 16.5 Å². The van der Waals surface area contributed by atoms with Crippen molar-refractivity contribution < 1.29 is 27.8 Å². The molecule has 0 unspecified atom stereocenters. The number of carbonyl (C=O) groups is 1. The summed E-state index contributed by atoms with van der Waals surface area (Å²) >= 11 is 0. The van der Waals surface area contributed by atoms with E-state index in [0.29, 0.717) is 0 Å². The Balaban J connectivity index is 0.000000249. The molecule has 0 amide bonds. The van der Waals surface area contributed by atoms with E-state index in [0.717, 1.165) is 26.4 Å². The highest BCUT2D eigenvalue weighted by Gasteiger charge is 1.94. The first-order valence-electron chi connectivity index (χ1n) is 3.77. The Labute approximate surface area is 82.3 Å². The third-order valence-electron chi connectivity index (χ3n) is 1.05. The van der Waals surface area contributed by atoms with Gasteiger partial charge in [-0.3, -0.25) is 4.79 Å². The number of hydrogen-bond donors (Lipinski definition) is 1. The topological polar surface area (TPSA) is 102 Å². The Morgan fingerprint density at radius 1 is 1.21 bits per heavy atom. The van der Waals surface area contributed by atoms with Crippen LogP contribution in [0.3, 0.4) is 0 Å². The van der Waals surface area contributed by atoms with Crippen molar-refractivity contribution in [2.45, 2.75) is 0 Å². The van der Waals surface area contributed by atoms with Crippen LogP contribution in [0.5, 0.6) is 0 Å². The first-order chi connectivity index (χ1) is 6.63. The molecule has 1 aliphatic rings. The molecule has 0 radical (unpaired) electrons. The molecule has 8 heteroatoms. The van der Waals surface area contributed by atoms with Crippen LogP contribution < -0.4 is 0 Å². The lowest BCUT2D eigenvalue weighted by Gasteiger charge is -2.09. The van der Waals surface area contributed by atoms with E-state index in [4.69, 9.17) is 14.6 Å². The van der Waals surface area contributed by atoms with Crippen LogP contribution in [0.1, 0.15) is 0 Å². The normalized spacial score (nSPS) is 14.9. The maximum atomic E-state index is 9.54. The highest BCUT2D eigenvalue weighted by Crippen LogP contribution is 1.85. The zero-order valence-electron chi connectivity index (χ0n) is 7.38. The second-order valence-electron chi connectivity index (χ2n) is 2.12. The Kier molecular flexibility index (Phi) is 7.99. The standard InChI is InChI=1S/C4H8O2.C2H3NO4S/c1-2-6-4-3-5-1;4-2(5)1-3-8(6)7/h1-4H2;1H2,(H,4,5). The number of aliphatic carboxylic acids is 1. The number of nitrogens with zero attached hydrogens (tertiary/aromatic N) is 1. The van der Waals surface area contributed by atoms with Gasteiger partial charge in [-0.05, 0) is 0 Å². The van der Waals surface area contributed by atoms with Crippen molar-refractivity contribution in [2.75, 3.05) is 33.0 Å². The summed E-state index contributed by atoms with van der Waals surface area (Å²) in [5.41, 5.74) is 0. The lowest BCUT2D eigenvalue weighted by atomic mass is 10.6. The molecule has 0 bridgehead atoms. The van der Waals surface area contributed by atoms with Crippen LogP contribution in [0.15, 0.2) is 4.36 Å². The largest absolute Gasteiger partial charge is 0.480 e. The fourth-order valence-electron chi connectivity index (χ4n) is 0.548. The maximum absolute atomic E-state index is 9.54. The quantitative estimate of drug-likeness (QED) is 0.657. The molecule has 0 saturated carbocycles. The van der Waals surface area contributed by atoms with Crippen LogP contribution in [0.25, 0.3) is 0 Å². The summed E-state index contributed by atoms with van der Waals surface area (Å²) in [6.45, 7) is 2.43. The van der Waals surface area contributed by atoms with Crippen molar-refractivity contribution in [1.29, 1.82) is 0 Å². The summed E-state index contributed by atoms with van der Waals surface area (Å²) in [5, 5.41) is 7.80. The molecule has 0 aromatic rings. The molecule has 0 aromatic heterocycles. The molecule has 0 aliphatic carbocycles. The second kappa shape index (κ2) is 8.60. The molecule has 1 saturated heterocycles. The van der Waals surface area contributed by atoms with Gasteiger partial charge < -0.3 is 14.6 Å². The number of rotatable bonds is 2. The van der Waals surface area contributed by atoms with E-state index in [9.17, 15) is 13.2 Å². The van der Waals surface area contributed by atoms with Crippen LogP contribution in [0.2, 0.25) is 0 Å². The zero-order chi connectivity index (χ0) is 10.8. The fraction of sp³-hybridized carbons (Fsp3) is 0.833. The Hall–Kier alpha value is -0.990. The van der Waals surface area contributed by atoms with Gasteiger partial charge in [0.25, 0.3) is 0 Å². The highest BCUT2D eigenvalue weighted by atomic mass is 32.2. The smallest absolute Gasteiger partial charge is 0.326 e. The molecule has 1 rings (SSSR count). The van der Waals surface area contributed by atoms with Gasteiger partial charge in [-0.15, -0.1) is 0 Å². The molecule has 82 valence electrons. The predicted octanol–water partition coefficient (Wildman–Crippen LogP) is -0.833. The van der Waals surface area contributed by atoms with Crippen molar-refractivity contribution in [3.05, 3.63) is 0 Å². The molecule has 0 atom stereocenters. The van der Waals surface area contributed by atoms with E-state index >= 15 is 0 Å². The zero-order valence-corrected chi connectivity index (χ0v) is 8.20. The van der Waals surface area contributed by atoms with Crippen molar-refractivity contribution in [3.8, 4) is 0 Å². The Morgan fingerprint density at radius 2 is 1.64 bits per heavy atom. The van der Waals surface area contributed by atoms with Crippen LogP contribution >= 0.6 is 0 Å². The molecule has 0 aromatic carbocycles. The summed E-state index contributed by atoms with van der Waals surface area (Å²) in [5.74, 6) is -1.26. The average molecular weight is 225 g/mol. The van der Waals surface area contributed by atoms with Crippen molar-refractivity contribution >= 4 is 16.5 Å². The van der Waals surface area contributed by atoms with Crippen LogP contribution in [-0.2, 0) is 24.8 Å². The number of carboxylic acid groups (broad SMARTS) is 1. The van der Waals surface area contributed by atoms with Crippen molar-refractivity contribution in [1.82, 2.24) is 0 Å². The average Bonchev–Trinajstić information content (AvgIpc) is 2.18. The van der Waals surface area contributed by atoms with Gasteiger partial charge in [0.15, 0.2) is 6.54 Å². The van der Waals surface area contributed by atoms with Gasteiger partial charge in [-0.1, -0.05) is 0 Å².